The second-order valence-electron chi connectivity index (χ2n) is 3.69. The summed E-state index contributed by atoms with van der Waals surface area (Å²) in [4.78, 5) is 10.4. The number of nitrogens with zero attached hydrogens (tertiary/aromatic N) is 3. The summed E-state index contributed by atoms with van der Waals surface area (Å²) < 4.78 is 0. The molecule has 0 saturated carbocycles. The molecule has 0 saturated heterocycles. The topological polar surface area (TPSA) is 49.2 Å². The Morgan fingerprint density at radius 2 is 2.20 bits per heavy atom. The van der Waals surface area contributed by atoms with Gasteiger partial charge in [0.2, 0.25) is 0 Å². The van der Waals surface area contributed by atoms with E-state index in [1.165, 1.54) is 0 Å². The van der Waals surface area contributed by atoms with Gasteiger partial charge in [0.25, 0.3) is 0 Å². The number of halogens is 1. The van der Waals surface area contributed by atoms with E-state index in [4.69, 9.17) is 16.7 Å². The molecular formula is C10H16ClN3O. The Labute approximate surface area is 94.9 Å². The highest BCUT2D eigenvalue weighted by Crippen LogP contribution is 2.08. The SMILES string of the molecule is Cc1cc(Cl)nc(CN(C)C(C)CO)n1. The van der Waals surface area contributed by atoms with Gasteiger partial charge in [-0.2, -0.15) is 0 Å². The van der Waals surface area contributed by atoms with Crippen LogP contribution in [0, 0.1) is 6.92 Å². The number of hydrogen-bond acceptors (Lipinski definition) is 4. The maximum Gasteiger partial charge on any atom is 0.144 e. The summed E-state index contributed by atoms with van der Waals surface area (Å²) in [6, 6.07) is 1.81. The Morgan fingerprint density at radius 1 is 1.53 bits per heavy atom. The molecule has 0 aliphatic rings. The van der Waals surface area contributed by atoms with Crippen molar-refractivity contribution in [1.82, 2.24) is 14.9 Å². The maximum absolute atomic E-state index is 8.98. The first-order chi connectivity index (χ1) is 7.02. The van der Waals surface area contributed by atoms with Crippen molar-refractivity contribution in [3.8, 4) is 0 Å². The van der Waals surface area contributed by atoms with E-state index < -0.39 is 0 Å². The van der Waals surface area contributed by atoms with Crippen molar-refractivity contribution in [2.24, 2.45) is 0 Å². The summed E-state index contributed by atoms with van der Waals surface area (Å²) in [6.07, 6.45) is 0. The Kier molecular flexibility index (Phi) is 4.45. The summed E-state index contributed by atoms with van der Waals surface area (Å²) in [5.41, 5.74) is 0.857. The van der Waals surface area contributed by atoms with E-state index in [2.05, 4.69) is 9.97 Å². The molecule has 1 aromatic rings. The molecule has 1 atom stereocenters. The van der Waals surface area contributed by atoms with Crippen molar-refractivity contribution in [2.75, 3.05) is 13.7 Å². The number of aliphatic hydroxyl groups excluding tert-OH is 1. The molecule has 1 N–H and O–H groups in total. The minimum Gasteiger partial charge on any atom is -0.395 e. The van der Waals surface area contributed by atoms with Crippen LogP contribution >= 0.6 is 11.6 Å². The number of aryl methyl sites for hydroxylation is 1. The molecule has 4 nitrogen and oxygen atoms in total. The van der Waals surface area contributed by atoms with Crippen LogP contribution in [0.2, 0.25) is 5.15 Å². The average Bonchev–Trinajstić information content (AvgIpc) is 2.14. The zero-order chi connectivity index (χ0) is 11.4. The Bertz CT molecular complexity index is 312. The van der Waals surface area contributed by atoms with Crippen LogP contribution in [0.3, 0.4) is 0 Å². The molecule has 0 bridgehead atoms. The van der Waals surface area contributed by atoms with Crippen molar-refractivity contribution in [2.45, 2.75) is 26.4 Å². The molecule has 0 radical (unpaired) electrons. The van der Waals surface area contributed by atoms with Crippen LogP contribution in [0.1, 0.15) is 18.4 Å². The minimum absolute atomic E-state index is 0.0906. The molecule has 15 heavy (non-hydrogen) atoms. The largest absolute Gasteiger partial charge is 0.395 e. The van der Waals surface area contributed by atoms with Crippen LogP contribution in [0.25, 0.3) is 0 Å². The van der Waals surface area contributed by atoms with Crippen LogP contribution < -0.4 is 0 Å². The van der Waals surface area contributed by atoms with Gasteiger partial charge in [0.15, 0.2) is 0 Å². The van der Waals surface area contributed by atoms with E-state index in [0.717, 1.165) is 5.69 Å². The van der Waals surface area contributed by atoms with Gasteiger partial charge in [0, 0.05) is 11.7 Å². The first-order valence-corrected chi connectivity index (χ1v) is 5.22. The Morgan fingerprint density at radius 3 is 2.73 bits per heavy atom. The fourth-order valence-corrected chi connectivity index (χ4v) is 1.43. The number of aromatic nitrogens is 2. The molecule has 5 heteroatoms. The summed E-state index contributed by atoms with van der Waals surface area (Å²) in [5.74, 6) is 0.683. The number of likely N-dealkylation sites (N-methyl/N-ethyl adjacent to an activating group) is 1. The maximum atomic E-state index is 8.98. The fraction of sp³-hybridized carbons (Fsp3) is 0.600. The van der Waals surface area contributed by atoms with Gasteiger partial charge in [-0.15, -0.1) is 0 Å². The second-order valence-corrected chi connectivity index (χ2v) is 4.08. The lowest BCUT2D eigenvalue weighted by molar-refractivity contribution is 0.151. The van der Waals surface area contributed by atoms with Gasteiger partial charge in [0.05, 0.1) is 13.2 Å². The standard InChI is InChI=1S/C10H16ClN3O/c1-7-4-9(11)13-10(12-7)5-14(3)8(2)6-15/h4,8,15H,5-6H2,1-3H3. The molecular weight excluding hydrogens is 214 g/mol. The molecule has 1 rings (SSSR count). The third-order valence-electron chi connectivity index (χ3n) is 2.28. The highest BCUT2D eigenvalue weighted by molar-refractivity contribution is 6.29. The van der Waals surface area contributed by atoms with Gasteiger partial charge in [-0.05, 0) is 27.0 Å². The number of aliphatic hydroxyl groups is 1. The second kappa shape index (κ2) is 5.39. The van der Waals surface area contributed by atoms with E-state index >= 15 is 0 Å². The fourth-order valence-electron chi connectivity index (χ4n) is 1.18. The smallest absolute Gasteiger partial charge is 0.144 e. The van der Waals surface area contributed by atoms with E-state index in [1.54, 1.807) is 6.07 Å². The highest BCUT2D eigenvalue weighted by Gasteiger charge is 2.10. The van der Waals surface area contributed by atoms with Crippen molar-refractivity contribution in [3.05, 3.63) is 22.7 Å². The lowest BCUT2D eigenvalue weighted by Gasteiger charge is -2.21. The lowest BCUT2D eigenvalue weighted by Crippen LogP contribution is -2.32. The van der Waals surface area contributed by atoms with Gasteiger partial charge in [-0.25, -0.2) is 9.97 Å². The zero-order valence-electron chi connectivity index (χ0n) is 9.24. The molecule has 0 aliphatic heterocycles. The lowest BCUT2D eigenvalue weighted by atomic mass is 10.3. The normalized spacial score (nSPS) is 13.2. The van der Waals surface area contributed by atoms with Gasteiger partial charge in [-0.1, -0.05) is 11.6 Å². The zero-order valence-corrected chi connectivity index (χ0v) is 9.99. The molecule has 1 aromatic heterocycles. The molecule has 1 heterocycles. The van der Waals surface area contributed by atoms with Gasteiger partial charge < -0.3 is 5.11 Å². The predicted molar refractivity (Wildman–Crippen MR) is 59.8 cm³/mol. The molecule has 0 spiro atoms. The average molecular weight is 230 g/mol. The quantitative estimate of drug-likeness (QED) is 0.790. The molecule has 84 valence electrons. The van der Waals surface area contributed by atoms with E-state index in [-0.39, 0.29) is 12.6 Å². The van der Waals surface area contributed by atoms with E-state index in [9.17, 15) is 0 Å². The molecule has 0 aromatic carbocycles. The highest BCUT2D eigenvalue weighted by atomic mass is 35.5. The summed E-state index contributed by atoms with van der Waals surface area (Å²) >= 11 is 5.83. The van der Waals surface area contributed by atoms with Crippen LogP contribution in [0.5, 0.6) is 0 Å². The van der Waals surface area contributed by atoms with Gasteiger partial charge in [-0.3, -0.25) is 4.90 Å². The van der Waals surface area contributed by atoms with E-state index in [0.29, 0.717) is 17.5 Å². The first kappa shape index (κ1) is 12.4. The third kappa shape index (κ3) is 3.74. The predicted octanol–water partition coefficient (Wildman–Crippen LogP) is 1.25. The first-order valence-electron chi connectivity index (χ1n) is 4.84. The Balaban J connectivity index is 2.72. The van der Waals surface area contributed by atoms with Crippen molar-refractivity contribution in [1.29, 1.82) is 0 Å². The van der Waals surface area contributed by atoms with Gasteiger partial charge in [0.1, 0.15) is 11.0 Å². The van der Waals surface area contributed by atoms with Crippen LogP contribution in [-0.2, 0) is 6.54 Å². The van der Waals surface area contributed by atoms with Crippen LogP contribution in [-0.4, -0.2) is 39.7 Å². The number of hydrogen-bond donors (Lipinski definition) is 1. The molecule has 0 aliphatic carbocycles. The van der Waals surface area contributed by atoms with E-state index in [1.807, 2.05) is 25.8 Å². The minimum atomic E-state index is 0.0906. The van der Waals surface area contributed by atoms with Crippen LogP contribution in [0.4, 0.5) is 0 Å². The molecule has 0 amide bonds. The Hall–Kier alpha value is -0.710. The van der Waals surface area contributed by atoms with Crippen molar-refractivity contribution >= 4 is 11.6 Å². The van der Waals surface area contributed by atoms with Crippen LogP contribution in [0.15, 0.2) is 6.07 Å². The summed E-state index contributed by atoms with van der Waals surface area (Å²) in [5, 5.41) is 9.44. The summed E-state index contributed by atoms with van der Waals surface area (Å²) in [7, 11) is 1.92. The van der Waals surface area contributed by atoms with Crippen molar-refractivity contribution in [3.63, 3.8) is 0 Å². The summed E-state index contributed by atoms with van der Waals surface area (Å²) in [6.45, 7) is 4.53. The third-order valence-corrected chi connectivity index (χ3v) is 2.47. The van der Waals surface area contributed by atoms with Gasteiger partial charge >= 0.3 is 0 Å². The molecule has 0 fully saturated rings. The molecule has 1 unspecified atom stereocenters. The monoisotopic (exact) mass is 229 g/mol. The van der Waals surface area contributed by atoms with Crippen molar-refractivity contribution < 1.29 is 5.11 Å². The number of rotatable bonds is 4.